The fourth-order valence-electron chi connectivity index (χ4n) is 1.35. The van der Waals surface area contributed by atoms with Gasteiger partial charge in [-0.1, -0.05) is 29.8 Å². The maximum atomic E-state index is 11.3. The van der Waals surface area contributed by atoms with Crippen LogP contribution in [-0.4, -0.2) is 18.0 Å². The third-order valence-corrected chi connectivity index (χ3v) is 2.26. The van der Waals surface area contributed by atoms with Gasteiger partial charge in [-0.25, -0.2) is 5.84 Å². The van der Waals surface area contributed by atoms with Gasteiger partial charge in [-0.3, -0.25) is 9.80 Å². The first kappa shape index (κ1) is 11.7. The van der Waals surface area contributed by atoms with Crippen LogP contribution in [0.5, 0.6) is 0 Å². The predicted octanol–water partition coefficient (Wildman–Crippen LogP) is 0.717. The molecule has 0 saturated heterocycles. The quantitative estimate of drug-likeness (QED) is 0.436. The Morgan fingerprint density at radius 2 is 2.20 bits per heavy atom. The van der Waals surface area contributed by atoms with E-state index in [1.807, 2.05) is 31.2 Å². The van der Waals surface area contributed by atoms with E-state index in [-0.39, 0.29) is 18.4 Å². The topological polar surface area (TPSA) is 72.4 Å². The van der Waals surface area contributed by atoms with E-state index < -0.39 is 0 Å². The van der Waals surface area contributed by atoms with Crippen LogP contribution in [0.4, 0.5) is 0 Å². The van der Waals surface area contributed by atoms with Crippen molar-refractivity contribution in [1.82, 2.24) is 5.01 Å². The highest BCUT2D eigenvalue weighted by atomic mass is 16.2. The maximum absolute atomic E-state index is 11.3. The van der Waals surface area contributed by atoms with E-state index in [1.165, 1.54) is 7.05 Å². The van der Waals surface area contributed by atoms with Gasteiger partial charge in [0.05, 0.1) is 0 Å². The molecule has 1 aromatic rings. The molecule has 1 rings (SSSR count). The van der Waals surface area contributed by atoms with Gasteiger partial charge in [0.15, 0.2) is 0 Å². The lowest BCUT2D eigenvalue weighted by molar-refractivity contribution is -0.130. The average molecular weight is 207 g/mol. The Balaban J connectivity index is 2.69. The first-order chi connectivity index (χ1) is 7.00. The molecule has 0 saturated carbocycles. The molecule has 0 aliphatic carbocycles. The number of hydrogen-bond acceptors (Lipinski definition) is 3. The molecule has 0 heterocycles. The van der Waals surface area contributed by atoms with Crippen molar-refractivity contribution in [2.45, 2.75) is 19.4 Å². The number of amides is 1. The van der Waals surface area contributed by atoms with Crippen LogP contribution in [0.1, 0.15) is 23.6 Å². The number of nitrogens with zero attached hydrogens (tertiary/aromatic N) is 1. The molecule has 0 aromatic heterocycles. The molecule has 1 atom stereocenters. The molecule has 4 N–H and O–H groups in total. The van der Waals surface area contributed by atoms with Crippen LogP contribution in [0.25, 0.3) is 0 Å². The van der Waals surface area contributed by atoms with Crippen LogP contribution in [-0.2, 0) is 4.79 Å². The lowest BCUT2D eigenvalue weighted by Crippen LogP contribution is -2.35. The van der Waals surface area contributed by atoms with Crippen molar-refractivity contribution >= 4 is 5.91 Å². The molecule has 0 spiro atoms. The van der Waals surface area contributed by atoms with Gasteiger partial charge >= 0.3 is 0 Å². The van der Waals surface area contributed by atoms with Crippen molar-refractivity contribution in [3.63, 3.8) is 0 Å². The van der Waals surface area contributed by atoms with Gasteiger partial charge in [0, 0.05) is 19.5 Å². The Morgan fingerprint density at radius 3 is 2.73 bits per heavy atom. The summed E-state index contributed by atoms with van der Waals surface area (Å²) in [6.45, 7) is 1.99. The highest BCUT2D eigenvalue weighted by Gasteiger charge is 2.13. The van der Waals surface area contributed by atoms with E-state index in [4.69, 9.17) is 11.6 Å². The SMILES string of the molecule is Cc1cccc(C(N)CC(=O)N(C)N)c1. The number of aryl methyl sites for hydroxylation is 1. The molecule has 4 heteroatoms. The zero-order valence-electron chi connectivity index (χ0n) is 9.10. The molecule has 1 aromatic carbocycles. The van der Waals surface area contributed by atoms with E-state index in [1.54, 1.807) is 0 Å². The Hall–Kier alpha value is -1.39. The predicted molar refractivity (Wildman–Crippen MR) is 59.7 cm³/mol. The first-order valence-electron chi connectivity index (χ1n) is 4.84. The van der Waals surface area contributed by atoms with Crippen molar-refractivity contribution in [3.8, 4) is 0 Å². The lowest BCUT2D eigenvalue weighted by Gasteiger charge is -2.15. The van der Waals surface area contributed by atoms with Gasteiger partial charge in [-0.2, -0.15) is 0 Å². The smallest absolute Gasteiger partial charge is 0.238 e. The number of carbonyl (C=O) groups excluding carboxylic acids is 1. The summed E-state index contributed by atoms with van der Waals surface area (Å²) in [5.41, 5.74) is 8.00. The number of benzene rings is 1. The fourth-order valence-corrected chi connectivity index (χ4v) is 1.35. The van der Waals surface area contributed by atoms with Gasteiger partial charge in [0.2, 0.25) is 5.91 Å². The van der Waals surface area contributed by atoms with Gasteiger partial charge in [0.25, 0.3) is 0 Å². The first-order valence-corrected chi connectivity index (χ1v) is 4.84. The fraction of sp³-hybridized carbons (Fsp3) is 0.364. The zero-order valence-corrected chi connectivity index (χ0v) is 9.10. The summed E-state index contributed by atoms with van der Waals surface area (Å²) >= 11 is 0. The zero-order chi connectivity index (χ0) is 11.4. The van der Waals surface area contributed by atoms with Crippen LogP contribution in [0.2, 0.25) is 0 Å². The summed E-state index contributed by atoms with van der Waals surface area (Å²) in [5, 5.41) is 1.07. The minimum Gasteiger partial charge on any atom is -0.324 e. The normalized spacial score (nSPS) is 12.3. The Morgan fingerprint density at radius 1 is 1.53 bits per heavy atom. The third-order valence-electron chi connectivity index (χ3n) is 2.26. The van der Waals surface area contributed by atoms with Crippen molar-refractivity contribution in [3.05, 3.63) is 35.4 Å². The Bertz CT molecular complexity index is 349. The standard InChI is InChI=1S/C11H17N3O/c1-8-4-3-5-9(6-8)10(12)7-11(15)14(2)13/h3-6,10H,7,12-13H2,1-2H3. The van der Waals surface area contributed by atoms with Crippen molar-refractivity contribution in [2.24, 2.45) is 11.6 Å². The maximum Gasteiger partial charge on any atom is 0.238 e. The van der Waals surface area contributed by atoms with Crippen LogP contribution in [0.3, 0.4) is 0 Å². The van der Waals surface area contributed by atoms with E-state index in [0.29, 0.717) is 0 Å². The molecule has 1 unspecified atom stereocenters. The molecule has 82 valence electrons. The monoisotopic (exact) mass is 207 g/mol. The van der Waals surface area contributed by atoms with E-state index in [2.05, 4.69) is 0 Å². The average Bonchev–Trinajstić information content (AvgIpc) is 2.17. The molecule has 0 radical (unpaired) electrons. The molecule has 0 fully saturated rings. The third kappa shape index (κ3) is 3.34. The Labute approximate surface area is 89.8 Å². The number of hydrazine groups is 1. The van der Waals surface area contributed by atoms with Crippen LogP contribution in [0.15, 0.2) is 24.3 Å². The second-order valence-electron chi connectivity index (χ2n) is 3.73. The van der Waals surface area contributed by atoms with Crippen molar-refractivity contribution in [2.75, 3.05) is 7.05 Å². The number of nitrogens with two attached hydrogens (primary N) is 2. The highest BCUT2D eigenvalue weighted by molar-refractivity contribution is 5.76. The van der Waals surface area contributed by atoms with Crippen LogP contribution >= 0.6 is 0 Å². The molecule has 0 bridgehead atoms. The number of carbonyl (C=O) groups is 1. The molecule has 1 amide bonds. The van der Waals surface area contributed by atoms with Crippen LogP contribution < -0.4 is 11.6 Å². The molecule has 4 nitrogen and oxygen atoms in total. The van der Waals surface area contributed by atoms with E-state index >= 15 is 0 Å². The van der Waals surface area contributed by atoms with Gasteiger partial charge in [-0.05, 0) is 12.5 Å². The summed E-state index contributed by atoms with van der Waals surface area (Å²) in [5.74, 6) is 5.16. The van der Waals surface area contributed by atoms with E-state index in [0.717, 1.165) is 16.1 Å². The molecule has 0 aliphatic heterocycles. The van der Waals surface area contributed by atoms with Crippen molar-refractivity contribution < 1.29 is 4.79 Å². The summed E-state index contributed by atoms with van der Waals surface area (Å²) in [7, 11) is 1.52. The summed E-state index contributed by atoms with van der Waals surface area (Å²) in [6, 6.07) is 7.54. The number of rotatable bonds is 3. The van der Waals surface area contributed by atoms with Gasteiger partial charge in [-0.15, -0.1) is 0 Å². The molecular formula is C11H17N3O. The number of hydrogen-bond donors (Lipinski definition) is 2. The minimum absolute atomic E-state index is 0.163. The summed E-state index contributed by atoms with van der Waals surface area (Å²) in [4.78, 5) is 11.3. The second kappa shape index (κ2) is 4.91. The minimum atomic E-state index is -0.289. The lowest BCUT2D eigenvalue weighted by atomic mass is 10.0. The van der Waals surface area contributed by atoms with Gasteiger partial charge in [0.1, 0.15) is 0 Å². The van der Waals surface area contributed by atoms with E-state index in [9.17, 15) is 4.79 Å². The summed E-state index contributed by atoms with van der Waals surface area (Å²) < 4.78 is 0. The molecule has 0 aliphatic rings. The molecule has 15 heavy (non-hydrogen) atoms. The van der Waals surface area contributed by atoms with Crippen LogP contribution in [0, 0.1) is 6.92 Å². The van der Waals surface area contributed by atoms with Crippen molar-refractivity contribution in [1.29, 1.82) is 0 Å². The summed E-state index contributed by atoms with van der Waals surface area (Å²) in [6.07, 6.45) is 0.233. The van der Waals surface area contributed by atoms with Gasteiger partial charge < -0.3 is 5.73 Å². The second-order valence-corrected chi connectivity index (χ2v) is 3.73. The largest absolute Gasteiger partial charge is 0.324 e. The molecular weight excluding hydrogens is 190 g/mol. The Kier molecular flexibility index (Phi) is 3.82. The highest BCUT2D eigenvalue weighted by Crippen LogP contribution is 2.15.